The van der Waals surface area contributed by atoms with Crippen LogP contribution in [0.15, 0.2) is 91.1 Å². The van der Waals surface area contributed by atoms with Gasteiger partial charge in [-0.3, -0.25) is 14.6 Å². The van der Waals surface area contributed by atoms with Crippen LogP contribution >= 0.6 is 0 Å². The molecular weight excluding hydrogens is 441 g/mol. The molecule has 2 atom stereocenters. The number of nitrogens with one attached hydrogen (secondary N) is 1. The Bertz CT molecular complexity index is 1350. The highest BCUT2D eigenvalue weighted by Gasteiger charge is 2.33. The van der Waals surface area contributed by atoms with Crippen LogP contribution in [0.5, 0.6) is 0 Å². The second-order valence-corrected chi connectivity index (χ2v) is 8.79. The van der Waals surface area contributed by atoms with E-state index >= 15 is 0 Å². The lowest BCUT2D eigenvalue weighted by atomic mass is 9.95. The number of amides is 2. The van der Waals surface area contributed by atoms with Gasteiger partial charge in [-0.2, -0.15) is 0 Å². The third kappa shape index (κ3) is 4.78. The molecule has 1 saturated heterocycles. The van der Waals surface area contributed by atoms with E-state index in [0.29, 0.717) is 29.5 Å². The van der Waals surface area contributed by atoms with Crippen LogP contribution in [-0.4, -0.2) is 47.0 Å². The van der Waals surface area contributed by atoms with Gasteiger partial charge in [-0.1, -0.05) is 66.7 Å². The first kappa shape index (κ1) is 22.7. The van der Waals surface area contributed by atoms with Crippen molar-refractivity contribution in [2.75, 3.05) is 13.1 Å². The summed E-state index contributed by atoms with van der Waals surface area (Å²) in [5.41, 5.74) is 3.38. The lowest BCUT2D eigenvalue weighted by Gasteiger charge is -2.37. The molecule has 0 aliphatic carbocycles. The summed E-state index contributed by atoms with van der Waals surface area (Å²) in [7, 11) is 0. The van der Waals surface area contributed by atoms with Crippen molar-refractivity contribution in [1.29, 1.82) is 0 Å². The molecular formula is C29H26FN3O2. The van der Waals surface area contributed by atoms with Crippen molar-refractivity contribution in [3.63, 3.8) is 0 Å². The number of benzene rings is 3. The third-order valence-corrected chi connectivity index (χ3v) is 6.53. The van der Waals surface area contributed by atoms with Crippen molar-refractivity contribution >= 4 is 22.7 Å². The summed E-state index contributed by atoms with van der Waals surface area (Å²) in [4.78, 5) is 32.6. The molecule has 2 heterocycles. The van der Waals surface area contributed by atoms with Gasteiger partial charge in [-0.05, 0) is 42.2 Å². The molecule has 6 heteroatoms. The van der Waals surface area contributed by atoms with Crippen molar-refractivity contribution < 1.29 is 14.0 Å². The average molecular weight is 468 g/mol. The van der Waals surface area contributed by atoms with E-state index < -0.39 is 6.17 Å². The van der Waals surface area contributed by atoms with Crippen LogP contribution in [0.25, 0.3) is 22.0 Å². The first-order valence-electron chi connectivity index (χ1n) is 11.8. The molecule has 0 bridgehead atoms. The van der Waals surface area contributed by atoms with Gasteiger partial charge in [-0.15, -0.1) is 0 Å². The lowest BCUT2D eigenvalue weighted by molar-refractivity contribution is 0.0471. The standard InChI is InChI=1S/C29H26FN3O2/c30-22-15-16-23(18-32-28(34)26-14-6-10-21-11-7-17-31-27(21)26)33(19-22)29(35)25-13-5-4-12-24(25)20-8-2-1-3-9-20/h1-14,17,22-23H,15-16,18-19H2,(H,32,34). The van der Waals surface area contributed by atoms with E-state index in [9.17, 15) is 14.0 Å². The summed E-state index contributed by atoms with van der Waals surface area (Å²) >= 11 is 0. The summed E-state index contributed by atoms with van der Waals surface area (Å²) in [6.45, 7) is 0.256. The Morgan fingerprint density at radius 2 is 1.63 bits per heavy atom. The van der Waals surface area contributed by atoms with Crippen molar-refractivity contribution in [3.05, 3.63) is 102 Å². The Kier molecular flexibility index (Phi) is 6.53. The molecule has 2 unspecified atom stereocenters. The summed E-state index contributed by atoms with van der Waals surface area (Å²) in [6.07, 6.45) is 1.42. The Labute approximate surface area is 203 Å². The van der Waals surface area contributed by atoms with Gasteiger partial charge in [0.05, 0.1) is 17.6 Å². The minimum absolute atomic E-state index is 0.0122. The predicted molar refractivity (Wildman–Crippen MR) is 135 cm³/mol. The van der Waals surface area contributed by atoms with E-state index in [1.54, 1.807) is 23.2 Å². The van der Waals surface area contributed by atoms with Gasteiger partial charge in [0.25, 0.3) is 11.8 Å². The number of hydrogen-bond acceptors (Lipinski definition) is 3. The van der Waals surface area contributed by atoms with Gasteiger partial charge in [0, 0.05) is 29.7 Å². The lowest BCUT2D eigenvalue weighted by Crippen LogP contribution is -2.52. The minimum Gasteiger partial charge on any atom is -0.350 e. The topological polar surface area (TPSA) is 62.3 Å². The molecule has 2 amide bonds. The van der Waals surface area contributed by atoms with Crippen LogP contribution in [0.4, 0.5) is 4.39 Å². The van der Waals surface area contributed by atoms with E-state index in [1.807, 2.05) is 72.8 Å². The second kappa shape index (κ2) is 10.1. The molecule has 1 aliphatic rings. The number of likely N-dealkylation sites (tertiary alicyclic amines) is 1. The Hall–Kier alpha value is -4.06. The molecule has 4 aromatic rings. The van der Waals surface area contributed by atoms with Crippen molar-refractivity contribution in [1.82, 2.24) is 15.2 Å². The third-order valence-electron chi connectivity index (χ3n) is 6.53. The summed E-state index contributed by atoms with van der Waals surface area (Å²) < 4.78 is 14.5. The molecule has 176 valence electrons. The average Bonchev–Trinajstić information content (AvgIpc) is 2.92. The number of alkyl halides is 1. The second-order valence-electron chi connectivity index (χ2n) is 8.79. The van der Waals surface area contributed by atoms with Crippen LogP contribution in [-0.2, 0) is 0 Å². The zero-order valence-electron chi connectivity index (χ0n) is 19.2. The van der Waals surface area contributed by atoms with E-state index in [-0.39, 0.29) is 30.9 Å². The molecule has 5 nitrogen and oxygen atoms in total. The van der Waals surface area contributed by atoms with Crippen LogP contribution in [0, 0.1) is 0 Å². The molecule has 1 aromatic heterocycles. The maximum absolute atomic E-state index is 14.5. The van der Waals surface area contributed by atoms with Crippen LogP contribution in [0.3, 0.4) is 0 Å². The largest absolute Gasteiger partial charge is 0.350 e. The molecule has 0 saturated carbocycles. The summed E-state index contributed by atoms with van der Waals surface area (Å²) in [6, 6.07) is 26.0. The molecule has 0 spiro atoms. The number of pyridine rings is 1. The van der Waals surface area contributed by atoms with Crippen molar-refractivity contribution in [3.8, 4) is 11.1 Å². The zero-order valence-corrected chi connectivity index (χ0v) is 19.2. The molecule has 0 radical (unpaired) electrons. The maximum atomic E-state index is 14.5. The number of nitrogens with zero attached hydrogens (tertiary/aromatic N) is 2. The minimum atomic E-state index is -1.09. The molecule has 35 heavy (non-hydrogen) atoms. The van der Waals surface area contributed by atoms with Gasteiger partial charge >= 0.3 is 0 Å². The highest BCUT2D eigenvalue weighted by Crippen LogP contribution is 2.28. The molecule has 1 aliphatic heterocycles. The molecule has 5 rings (SSSR count). The highest BCUT2D eigenvalue weighted by molar-refractivity contribution is 6.05. The number of halogens is 1. The van der Waals surface area contributed by atoms with Crippen LogP contribution < -0.4 is 5.32 Å². The Balaban J connectivity index is 1.37. The first-order valence-corrected chi connectivity index (χ1v) is 11.8. The van der Waals surface area contributed by atoms with Gasteiger partial charge in [0.1, 0.15) is 6.17 Å². The van der Waals surface area contributed by atoms with E-state index in [4.69, 9.17) is 0 Å². The highest BCUT2D eigenvalue weighted by atomic mass is 19.1. The van der Waals surface area contributed by atoms with Crippen molar-refractivity contribution in [2.45, 2.75) is 25.1 Å². The van der Waals surface area contributed by atoms with E-state index in [1.165, 1.54) is 0 Å². The van der Waals surface area contributed by atoms with E-state index in [2.05, 4.69) is 10.3 Å². The number of para-hydroxylation sites is 1. The number of carbonyl (C=O) groups excluding carboxylic acids is 2. The van der Waals surface area contributed by atoms with Crippen molar-refractivity contribution in [2.24, 2.45) is 0 Å². The number of hydrogen-bond donors (Lipinski definition) is 1. The normalized spacial score (nSPS) is 17.8. The number of rotatable bonds is 5. The predicted octanol–water partition coefficient (Wildman–Crippen LogP) is 5.27. The van der Waals surface area contributed by atoms with Crippen LogP contribution in [0.1, 0.15) is 33.6 Å². The number of fused-ring (bicyclic) bond motifs is 1. The van der Waals surface area contributed by atoms with Gasteiger partial charge in [0.15, 0.2) is 0 Å². The summed E-state index contributed by atoms with van der Waals surface area (Å²) in [5.74, 6) is -0.480. The monoisotopic (exact) mass is 467 g/mol. The Morgan fingerprint density at radius 3 is 2.49 bits per heavy atom. The van der Waals surface area contributed by atoms with Crippen LogP contribution in [0.2, 0.25) is 0 Å². The fourth-order valence-corrected chi connectivity index (χ4v) is 4.73. The molecule has 3 aromatic carbocycles. The fraction of sp³-hybridized carbons (Fsp3) is 0.207. The fourth-order valence-electron chi connectivity index (χ4n) is 4.73. The number of piperidine rings is 1. The smallest absolute Gasteiger partial charge is 0.254 e. The SMILES string of the molecule is O=C(NCC1CCC(F)CN1C(=O)c1ccccc1-c1ccccc1)c1cccc2cccnc12. The summed E-state index contributed by atoms with van der Waals surface area (Å²) in [5, 5.41) is 3.84. The van der Waals surface area contributed by atoms with E-state index in [0.717, 1.165) is 16.5 Å². The van der Waals surface area contributed by atoms with Gasteiger partial charge < -0.3 is 10.2 Å². The number of carbonyl (C=O) groups is 2. The van der Waals surface area contributed by atoms with Gasteiger partial charge in [-0.25, -0.2) is 4.39 Å². The quantitative estimate of drug-likeness (QED) is 0.435. The first-order chi connectivity index (χ1) is 17.1. The van der Waals surface area contributed by atoms with Gasteiger partial charge in [0.2, 0.25) is 0 Å². The molecule has 1 fully saturated rings. The zero-order chi connectivity index (χ0) is 24.2. The Morgan fingerprint density at radius 1 is 0.886 bits per heavy atom. The number of aromatic nitrogens is 1. The molecule has 1 N–H and O–H groups in total. The maximum Gasteiger partial charge on any atom is 0.254 e.